The van der Waals surface area contributed by atoms with Crippen LogP contribution in [0.5, 0.6) is 28.7 Å². The van der Waals surface area contributed by atoms with E-state index in [1.807, 2.05) is 0 Å². The van der Waals surface area contributed by atoms with E-state index < -0.39 is 0 Å². The maximum Gasteiger partial charge on any atom is 0.231 e. The number of halogens is 1. The molecule has 0 atom stereocenters. The minimum absolute atomic E-state index is 0.0613. The molecule has 1 aliphatic rings. The van der Waals surface area contributed by atoms with Gasteiger partial charge in [0.25, 0.3) is 0 Å². The Morgan fingerprint density at radius 3 is 2.30 bits per heavy atom. The van der Waals surface area contributed by atoms with Crippen molar-refractivity contribution in [2.24, 2.45) is 0 Å². The van der Waals surface area contributed by atoms with Crippen LogP contribution in [-0.2, 0) is 6.61 Å². The molecule has 33 heavy (non-hydrogen) atoms. The summed E-state index contributed by atoms with van der Waals surface area (Å²) in [5, 5.41) is 0. The van der Waals surface area contributed by atoms with Gasteiger partial charge in [0.15, 0.2) is 17.3 Å². The van der Waals surface area contributed by atoms with Gasteiger partial charge < -0.3 is 23.7 Å². The lowest BCUT2D eigenvalue weighted by Gasteiger charge is -2.13. The Kier molecular flexibility index (Phi) is 6.22. The molecule has 1 aliphatic heterocycles. The zero-order valence-corrected chi connectivity index (χ0v) is 18.7. The van der Waals surface area contributed by atoms with Crippen molar-refractivity contribution in [1.29, 1.82) is 0 Å². The fourth-order valence-corrected chi connectivity index (χ4v) is 3.60. The van der Waals surface area contributed by atoms with Crippen molar-refractivity contribution in [2.45, 2.75) is 13.5 Å². The van der Waals surface area contributed by atoms with Gasteiger partial charge in [-0.1, -0.05) is 18.2 Å². The van der Waals surface area contributed by atoms with Gasteiger partial charge in [0.1, 0.15) is 29.7 Å². The van der Waals surface area contributed by atoms with Crippen LogP contribution in [0.3, 0.4) is 0 Å². The van der Waals surface area contributed by atoms with Crippen LogP contribution in [-0.4, -0.2) is 27.1 Å². The molecule has 4 rings (SSSR count). The highest BCUT2D eigenvalue weighted by Gasteiger charge is 2.30. The lowest BCUT2D eigenvalue weighted by Crippen LogP contribution is -2.00. The number of ether oxygens (including phenoxy) is 5. The van der Waals surface area contributed by atoms with E-state index in [1.54, 1.807) is 55.5 Å². The SMILES string of the molecule is COc1cc(OC)c(OC)cc1/C=C1\Oc2c(ccc(OCc3ccccc3F)c2C)C1=O. The summed E-state index contributed by atoms with van der Waals surface area (Å²) in [4.78, 5) is 13.0. The van der Waals surface area contributed by atoms with E-state index in [0.717, 1.165) is 0 Å². The Balaban J connectivity index is 1.63. The molecule has 3 aromatic carbocycles. The smallest absolute Gasteiger partial charge is 0.231 e. The quantitative estimate of drug-likeness (QED) is 0.452. The molecule has 0 aromatic heterocycles. The summed E-state index contributed by atoms with van der Waals surface area (Å²) in [6, 6.07) is 13.1. The predicted octanol–water partition coefficient (Wildman–Crippen LogP) is 5.36. The van der Waals surface area contributed by atoms with E-state index in [2.05, 4.69) is 0 Å². The average molecular weight is 450 g/mol. The van der Waals surface area contributed by atoms with Crippen molar-refractivity contribution in [2.75, 3.05) is 21.3 Å². The number of benzene rings is 3. The summed E-state index contributed by atoms with van der Waals surface area (Å²) < 4.78 is 41.7. The third kappa shape index (κ3) is 4.22. The highest BCUT2D eigenvalue weighted by molar-refractivity contribution is 6.15. The van der Waals surface area contributed by atoms with Crippen molar-refractivity contribution in [1.82, 2.24) is 0 Å². The van der Waals surface area contributed by atoms with Crippen molar-refractivity contribution in [3.05, 3.63) is 82.4 Å². The Morgan fingerprint density at radius 1 is 0.909 bits per heavy atom. The second-order valence-corrected chi connectivity index (χ2v) is 7.33. The average Bonchev–Trinajstić information content (AvgIpc) is 3.15. The molecule has 0 aliphatic carbocycles. The number of Topliss-reactive ketones (excluding diaryl/α,β-unsaturated/α-hetero) is 1. The first kappa shape index (κ1) is 22.2. The van der Waals surface area contributed by atoms with Gasteiger partial charge in [-0.3, -0.25) is 4.79 Å². The Hall–Kier alpha value is -4.00. The van der Waals surface area contributed by atoms with Crippen LogP contribution in [0.1, 0.15) is 27.0 Å². The van der Waals surface area contributed by atoms with Crippen LogP contribution in [0.4, 0.5) is 4.39 Å². The molecule has 6 nitrogen and oxygen atoms in total. The van der Waals surface area contributed by atoms with Gasteiger partial charge in [-0.2, -0.15) is 0 Å². The van der Waals surface area contributed by atoms with Gasteiger partial charge in [-0.15, -0.1) is 0 Å². The first-order valence-corrected chi connectivity index (χ1v) is 10.2. The van der Waals surface area contributed by atoms with Crippen LogP contribution in [0.2, 0.25) is 0 Å². The molecule has 3 aromatic rings. The fourth-order valence-electron chi connectivity index (χ4n) is 3.60. The minimum atomic E-state index is -0.336. The number of hydrogen-bond acceptors (Lipinski definition) is 6. The van der Waals surface area contributed by atoms with Crippen LogP contribution in [0.25, 0.3) is 6.08 Å². The van der Waals surface area contributed by atoms with Crippen molar-refractivity contribution < 1.29 is 32.9 Å². The van der Waals surface area contributed by atoms with Crippen LogP contribution in [0, 0.1) is 12.7 Å². The number of methoxy groups -OCH3 is 3. The molecule has 7 heteroatoms. The Labute approximate surface area is 191 Å². The number of carbonyl (C=O) groups excluding carboxylic acids is 1. The van der Waals surface area contributed by atoms with E-state index >= 15 is 0 Å². The topological polar surface area (TPSA) is 63.2 Å². The molecule has 1 heterocycles. The van der Waals surface area contributed by atoms with Crippen molar-refractivity contribution >= 4 is 11.9 Å². The first-order valence-electron chi connectivity index (χ1n) is 10.2. The summed E-state index contributed by atoms with van der Waals surface area (Å²) in [6.45, 7) is 1.86. The molecule has 0 fully saturated rings. The highest BCUT2D eigenvalue weighted by atomic mass is 19.1. The summed E-state index contributed by atoms with van der Waals surface area (Å²) in [7, 11) is 4.59. The van der Waals surface area contributed by atoms with E-state index in [0.29, 0.717) is 51.0 Å². The Morgan fingerprint density at radius 2 is 1.61 bits per heavy atom. The highest BCUT2D eigenvalue weighted by Crippen LogP contribution is 2.41. The molecule has 0 N–H and O–H groups in total. The van der Waals surface area contributed by atoms with Gasteiger partial charge in [-0.25, -0.2) is 4.39 Å². The number of allylic oxidation sites excluding steroid dienone is 1. The number of rotatable bonds is 7. The number of carbonyl (C=O) groups is 1. The molecule has 170 valence electrons. The molecular weight excluding hydrogens is 427 g/mol. The van der Waals surface area contributed by atoms with E-state index in [4.69, 9.17) is 23.7 Å². The standard InChI is InChI=1S/C26H23FO6/c1-15-20(32-14-16-7-5-6-8-19(16)27)10-9-18-25(28)24(33-26(15)18)12-17-11-22(30-3)23(31-4)13-21(17)29-2/h5-13H,14H2,1-4H3/b24-12-. The van der Waals surface area contributed by atoms with Crippen molar-refractivity contribution in [3.8, 4) is 28.7 Å². The summed E-state index contributed by atoms with van der Waals surface area (Å²) >= 11 is 0. The van der Waals surface area contributed by atoms with Crippen LogP contribution in [0.15, 0.2) is 54.3 Å². The minimum Gasteiger partial charge on any atom is -0.496 e. The summed E-state index contributed by atoms with van der Waals surface area (Å²) in [6.07, 6.45) is 1.60. The fraction of sp³-hybridized carbons (Fsp3) is 0.192. The number of hydrogen-bond donors (Lipinski definition) is 0. The molecule has 0 amide bonds. The number of ketones is 1. The lowest BCUT2D eigenvalue weighted by molar-refractivity contribution is 0.101. The molecule has 0 unspecified atom stereocenters. The maximum absolute atomic E-state index is 13.9. The molecule has 0 saturated heterocycles. The maximum atomic E-state index is 13.9. The van der Waals surface area contributed by atoms with Gasteiger partial charge in [0.05, 0.1) is 26.9 Å². The van der Waals surface area contributed by atoms with E-state index in [9.17, 15) is 9.18 Å². The van der Waals surface area contributed by atoms with Gasteiger partial charge >= 0.3 is 0 Å². The van der Waals surface area contributed by atoms with Gasteiger partial charge in [-0.05, 0) is 37.3 Å². The third-order valence-electron chi connectivity index (χ3n) is 5.40. The molecular formula is C26H23FO6. The lowest BCUT2D eigenvalue weighted by atomic mass is 10.1. The number of fused-ring (bicyclic) bond motifs is 1. The summed E-state index contributed by atoms with van der Waals surface area (Å²) in [5.74, 6) is 1.97. The van der Waals surface area contributed by atoms with Crippen LogP contribution >= 0.6 is 0 Å². The second kappa shape index (κ2) is 9.24. The van der Waals surface area contributed by atoms with E-state index in [1.165, 1.54) is 27.4 Å². The summed E-state index contributed by atoms with van der Waals surface area (Å²) in [5.41, 5.74) is 2.12. The van der Waals surface area contributed by atoms with Crippen LogP contribution < -0.4 is 23.7 Å². The molecule has 0 radical (unpaired) electrons. The van der Waals surface area contributed by atoms with Gasteiger partial charge in [0, 0.05) is 22.8 Å². The normalized spacial score (nSPS) is 13.5. The van der Waals surface area contributed by atoms with Crippen molar-refractivity contribution in [3.63, 3.8) is 0 Å². The zero-order chi connectivity index (χ0) is 23.5. The second-order valence-electron chi connectivity index (χ2n) is 7.33. The molecule has 0 spiro atoms. The van der Waals surface area contributed by atoms with E-state index in [-0.39, 0.29) is 24.0 Å². The monoisotopic (exact) mass is 450 g/mol. The first-order chi connectivity index (χ1) is 16.0. The Bertz CT molecular complexity index is 1250. The largest absolute Gasteiger partial charge is 0.496 e. The molecule has 0 bridgehead atoms. The zero-order valence-electron chi connectivity index (χ0n) is 18.7. The molecule has 0 saturated carbocycles. The third-order valence-corrected chi connectivity index (χ3v) is 5.40. The predicted molar refractivity (Wildman–Crippen MR) is 121 cm³/mol. The van der Waals surface area contributed by atoms with Gasteiger partial charge in [0.2, 0.25) is 5.78 Å².